The molecule has 2 N–H and O–H groups in total. The van der Waals surface area contributed by atoms with Crippen LogP contribution in [-0.2, 0) is 16.0 Å². The lowest BCUT2D eigenvalue weighted by molar-refractivity contribution is -0.139. The van der Waals surface area contributed by atoms with Gasteiger partial charge >= 0.3 is 12.1 Å². The zero-order valence-corrected chi connectivity index (χ0v) is 16.3. The lowest BCUT2D eigenvalue weighted by Crippen LogP contribution is -2.41. The number of nitrogens with zero attached hydrogens (tertiary/aromatic N) is 1. The Morgan fingerprint density at radius 2 is 1.67 bits per heavy atom. The summed E-state index contributed by atoms with van der Waals surface area (Å²) in [5.41, 5.74) is 5.41. The topological polar surface area (TPSA) is 88.5 Å². The zero-order valence-electron chi connectivity index (χ0n) is 16.3. The lowest BCUT2D eigenvalue weighted by atomic mass is 9.98. The Labute approximate surface area is 174 Å². The van der Waals surface area contributed by atoms with Gasteiger partial charge in [0.2, 0.25) is 0 Å². The maximum atomic E-state index is 12.3. The molecule has 6 heteroatoms. The van der Waals surface area contributed by atoms with Gasteiger partial charge in [-0.2, -0.15) is 0 Å². The molecule has 0 aliphatic heterocycles. The summed E-state index contributed by atoms with van der Waals surface area (Å²) in [7, 11) is 0. The maximum Gasteiger partial charge on any atom is 0.407 e. The van der Waals surface area contributed by atoms with E-state index in [2.05, 4.69) is 22.4 Å². The van der Waals surface area contributed by atoms with Crippen LogP contribution in [0.25, 0.3) is 11.1 Å². The first-order valence-corrected chi connectivity index (χ1v) is 9.86. The smallest absolute Gasteiger partial charge is 0.407 e. The summed E-state index contributed by atoms with van der Waals surface area (Å²) in [6.07, 6.45) is 3.37. The summed E-state index contributed by atoms with van der Waals surface area (Å²) < 4.78 is 5.45. The van der Waals surface area contributed by atoms with Crippen molar-refractivity contribution >= 4 is 12.1 Å². The maximum absolute atomic E-state index is 12.3. The third-order valence-electron chi connectivity index (χ3n) is 5.38. The third kappa shape index (κ3) is 4.17. The number of benzene rings is 2. The van der Waals surface area contributed by atoms with Crippen LogP contribution in [0.2, 0.25) is 0 Å². The number of aryl methyl sites for hydroxylation is 1. The monoisotopic (exact) mass is 402 g/mol. The van der Waals surface area contributed by atoms with Gasteiger partial charge < -0.3 is 15.2 Å². The van der Waals surface area contributed by atoms with E-state index in [1.54, 1.807) is 18.5 Å². The Morgan fingerprint density at radius 1 is 1.00 bits per heavy atom. The largest absolute Gasteiger partial charge is 0.480 e. The number of carboxylic acids is 1. The molecule has 3 aromatic rings. The Hall–Kier alpha value is -3.67. The molecule has 0 unspecified atom stereocenters. The van der Waals surface area contributed by atoms with E-state index in [4.69, 9.17) is 4.74 Å². The van der Waals surface area contributed by atoms with Crippen molar-refractivity contribution in [3.63, 3.8) is 0 Å². The molecule has 0 saturated carbocycles. The minimum Gasteiger partial charge on any atom is -0.480 e. The first-order chi connectivity index (χ1) is 14.6. The first-order valence-electron chi connectivity index (χ1n) is 9.86. The van der Waals surface area contributed by atoms with Crippen molar-refractivity contribution in [2.24, 2.45) is 0 Å². The van der Waals surface area contributed by atoms with E-state index >= 15 is 0 Å². The average Bonchev–Trinajstić information content (AvgIpc) is 3.09. The molecule has 4 rings (SSSR count). The number of hydrogen-bond acceptors (Lipinski definition) is 4. The number of amides is 1. The average molecular weight is 402 g/mol. The number of alkyl carbamates (subject to hydrolysis) is 1. The van der Waals surface area contributed by atoms with Gasteiger partial charge in [-0.15, -0.1) is 0 Å². The van der Waals surface area contributed by atoms with Crippen LogP contribution < -0.4 is 5.32 Å². The van der Waals surface area contributed by atoms with Gasteiger partial charge in [0.05, 0.1) is 0 Å². The number of fused-ring (bicyclic) bond motifs is 3. The zero-order chi connectivity index (χ0) is 20.9. The quantitative estimate of drug-likeness (QED) is 0.623. The molecular weight excluding hydrogens is 380 g/mol. The lowest BCUT2D eigenvalue weighted by Gasteiger charge is -2.17. The fourth-order valence-electron chi connectivity index (χ4n) is 3.90. The molecule has 1 amide bonds. The molecule has 152 valence electrons. The van der Waals surface area contributed by atoms with Gasteiger partial charge in [0.1, 0.15) is 12.6 Å². The van der Waals surface area contributed by atoms with Crippen molar-refractivity contribution < 1.29 is 19.4 Å². The Kier molecular flexibility index (Phi) is 5.75. The number of hydrogen-bond donors (Lipinski definition) is 2. The van der Waals surface area contributed by atoms with E-state index in [-0.39, 0.29) is 18.9 Å². The molecular formula is C24H22N2O4. The fourth-order valence-corrected chi connectivity index (χ4v) is 3.90. The van der Waals surface area contributed by atoms with E-state index in [0.29, 0.717) is 6.42 Å². The number of rotatable bonds is 7. The molecule has 0 saturated heterocycles. The molecule has 0 fully saturated rings. The van der Waals surface area contributed by atoms with Gasteiger partial charge in [0.25, 0.3) is 0 Å². The summed E-state index contributed by atoms with van der Waals surface area (Å²) in [6, 6.07) is 18.8. The molecule has 1 heterocycles. The molecule has 30 heavy (non-hydrogen) atoms. The van der Waals surface area contributed by atoms with Crippen molar-refractivity contribution in [3.8, 4) is 11.1 Å². The van der Waals surface area contributed by atoms with Crippen molar-refractivity contribution in [2.75, 3.05) is 6.61 Å². The highest BCUT2D eigenvalue weighted by Gasteiger charge is 2.29. The highest BCUT2D eigenvalue weighted by Crippen LogP contribution is 2.44. The van der Waals surface area contributed by atoms with E-state index in [1.165, 1.54) is 0 Å². The van der Waals surface area contributed by atoms with Crippen molar-refractivity contribution in [1.29, 1.82) is 0 Å². The van der Waals surface area contributed by atoms with Crippen LogP contribution in [0.15, 0.2) is 73.1 Å². The SMILES string of the molecule is O=C(N[C@@H](CCc1cccnc1)C(=O)O)OCC1c2ccccc2-c2ccccc21. The molecule has 1 aromatic heterocycles. The van der Waals surface area contributed by atoms with Gasteiger partial charge in [-0.1, -0.05) is 54.6 Å². The number of carbonyl (C=O) groups is 2. The number of carbonyl (C=O) groups excluding carboxylic acids is 1. The van der Waals surface area contributed by atoms with Gasteiger partial charge in [0, 0.05) is 18.3 Å². The molecule has 2 aromatic carbocycles. The fraction of sp³-hybridized carbons (Fsp3) is 0.208. The minimum absolute atomic E-state index is 0.0678. The summed E-state index contributed by atoms with van der Waals surface area (Å²) in [5.74, 6) is -1.16. The second kappa shape index (κ2) is 8.78. The van der Waals surface area contributed by atoms with Crippen molar-refractivity contribution in [2.45, 2.75) is 24.8 Å². The predicted molar refractivity (Wildman–Crippen MR) is 112 cm³/mol. The number of ether oxygens (including phenoxy) is 1. The molecule has 1 aliphatic carbocycles. The summed E-state index contributed by atoms with van der Waals surface area (Å²) in [5, 5.41) is 11.9. The Morgan fingerprint density at radius 3 is 2.27 bits per heavy atom. The number of pyridine rings is 1. The number of aliphatic carboxylic acids is 1. The normalized spacial score (nSPS) is 13.2. The van der Waals surface area contributed by atoms with Crippen LogP contribution in [0.3, 0.4) is 0 Å². The summed E-state index contributed by atoms with van der Waals surface area (Å²) in [4.78, 5) is 27.9. The van der Waals surface area contributed by atoms with E-state index < -0.39 is 18.1 Å². The summed E-state index contributed by atoms with van der Waals surface area (Å²) in [6.45, 7) is 0.148. The third-order valence-corrected chi connectivity index (χ3v) is 5.38. The minimum atomic E-state index is -1.09. The molecule has 0 spiro atoms. The van der Waals surface area contributed by atoms with E-state index in [0.717, 1.165) is 27.8 Å². The van der Waals surface area contributed by atoms with E-state index in [9.17, 15) is 14.7 Å². The Bertz CT molecular complexity index is 1010. The van der Waals surface area contributed by atoms with Crippen molar-refractivity contribution in [1.82, 2.24) is 10.3 Å². The predicted octanol–water partition coefficient (Wildman–Crippen LogP) is 4.01. The van der Waals surface area contributed by atoms with Crippen LogP contribution >= 0.6 is 0 Å². The first kappa shape index (κ1) is 19.6. The number of aromatic nitrogens is 1. The van der Waals surface area contributed by atoms with Crippen LogP contribution in [0, 0.1) is 0 Å². The highest BCUT2D eigenvalue weighted by atomic mass is 16.5. The number of nitrogens with one attached hydrogen (secondary N) is 1. The Balaban J connectivity index is 1.38. The molecule has 1 atom stereocenters. The van der Waals surface area contributed by atoms with Crippen molar-refractivity contribution in [3.05, 3.63) is 89.7 Å². The van der Waals surface area contributed by atoms with Gasteiger partial charge in [-0.05, 0) is 46.7 Å². The molecule has 1 aliphatic rings. The summed E-state index contributed by atoms with van der Waals surface area (Å²) >= 11 is 0. The van der Waals surface area contributed by atoms with Gasteiger partial charge in [-0.25, -0.2) is 9.59 Å². The van der Waals surface area contributed by atoms with Crippen LogP contribution in [0.5, 0.6) is 0 Å². The number of carboxylic acid groups (broad SMARTS) is 1. The molecule has 0 radical (unpaired) electrons. The van der Waals surface area contributed by atoms with Gasteiger partial charge in [-0.3, -0.25) is 4.98 Å². The van der Waals surface area contributed by atoms with Crippen LogP contribution in [0.4, 0.5) is 4.79 Å². The van der Waals surface area contributed by atoms with Crippen LogP contribution in [0.1, 0.15) is 29.0 Å². The second-order valence-electron chi connectivity index (χ2n) is 7.26. The van der Waals surface area contributed by atoms with Gasteiger partial charge in [0.15, 0.2) is 0 Å². The van der Waals surface area contributed by atoms with Crippen LogP contribution in [-0.4, -0.2) is 34.8 Å². The second-order valence-corrected chi connectivity index (χ2v) is 7.26. The van der Waals surface area contributed by atoms with E-state index in [1.807, 2.05) is 42.5 Å². The highest BCUT2D eigenvalue weighted by molar-refractivity contribution is 5.81. The molecule has 6 nitrogen and oxygen atoms in total. The molecule has 0 bridgehead atoms. The standard InChI is InChI=1S/C24H22N2O4/c27-23(28)22(12-11-16-6-5-13-25-14-16)26-24(29)30-15-21-19-9-3-1-7-17(19)18-8-2-4-10-20(18)21/h1-10,13-14,21-22H,11-12,15H2,(H,26,29)(H,27,28)/t22-/m0/s1.